The molecule has 0 unspecified atom stereocenters. The fourth-order valence-corrected chi connectivity index (χ4v) is 2.84. The Kier molecular flexibility index (Phi) is 4.06. The highest BCUT2D eigenvalue weighted by atomic mass is 35.5. The molecule has 0 aliphatic heterocycles. The average molecular weight is 326 g/mol. The van der Waals surface area contributed by atoms with Crippen LogP contribution >= 0.6 is 11.6 Å². The number of amides is 1. The van der Waals surface area contributed by atoms with E-state index in [0.717, 1.165) is 0 Å². The number of carbonyl (C=O) groups is 1. The Morgan fingerprint density at radius 2 is 1.86 bits per heavy atom. The molecule has 0 spiro atoms. The normalized spacial score (nSPS) is 11.1. The first kappa shape index (κ1) is 15.1. The van der Waals surface area contributed by atoms with Gasteiger partial charge in [-0.1, -0.05) is 17.7 Å². The van der Waals surface area contributed by atoms with Crippen LogP contribution in [0.4, 0.5) is 11.4 Å². The Morgan fingerprint density at radius 3 is 2.48 bits per heavy atom. The highest BCUT2D eigenvalue weighted by molar-refractivity contribution is 7.92. The Bertz CT molecular complexity index is 806. The average Bonchev–Trinajstić information content (AvgIpc) is 2.41. The monoisotopic (exact) mass is 325 g/mol. The summed E-state index contributed by atoms with van der Waals surface area (Å²) >= 11 is 5.75. The highest BCUT2D eigenvalue weighted by Crippen LogP contribution is 2.24. The van der Waals surface area contributed by atoms with Gasteiger partial charge in [-0.15, -0.1) is 0 Å². The van der Waals surface area contributed by atoms with Gasteiger partial charge in [0.15, 0.2) is 0 Å². The maximum atomic E-state index is 12.2. The van der Waals surface area contributed by atoms with E-state index in [1.165, 1.54) is 42.5 Å². The second-order valence-corrected chi connectivity index (χ2v) is 6.32. The molecule has 2 aromatic rings. The number of hydrogen-bond acceptors (Lipinski definition) is 4. The summed E-state index contributed by atoms with van der Waals surface area (Å²) < 4.78 is 26.8. The Hall–Kier alpha value is -2.25. The summed E-state index contributed by atoms with van der Waals surface area (Å²) in [7, 11) is -3.84. The van der Waals surface area contributed by atoms with E-state index in [1.54, 1.807) is 0 Å². The minimum Gasteiger partial charge on any atom is -0.397 e. The number of benzene rings is 2. The molecule has 110 valence electrons. The van der Waals surface area contributed by atoms with E-state index in [9.17, 15) is 13.2 Å². The summed E-state index contributed by atoms with van der Waals surface area (Å²) in [5.74, 6) is -0.646. The van der Waals surface area contributed by atoms with Gasteiger partial charge in [-0.3, -0.25) is 9.52 Å². The van der Waals surface area contributed by atoms with Crippen LogP contribution in [0, 0.1) is 0 Å². The van der Waals surface area contributed by atoms with Crippen LogP contribution in [0.2, 0.25) is 5.02 Å². The molecule has 0 aromatic heterocycles. The van der Waals surface area contributed by atoms with Gasteiger partial charge in [0, 0.05) is 11.3 Å². The molecular weight excluding hydrogens is 314 g/mol. The van der Waals surface area contributed by atoms with Crippen LogP contribution in [-0.2, 0) is 10.0 Å². The number of halogens is 1. The van der Waals surface area contributed by atoms with Gasteiger partial charge in [0.05, 0.1) is 15.6 Å². The molecule has 0 aliphatic rings. The number of nitrogen functional groups attached to an aromatic ring is 1. The van der Waals surface area contributed by atoms with Crippen molar-refractivity contribution in [3.63, 3.8) is 0 Å². The SMILES string of the molecule is NC(=O)c1cccc(NS(=O)(=O)c2ccc(Cl)c(N)c2)c1. The van der Waals surface area contributed by atoms with Crippen molar-refractivity contribution in [2.75, 3.05) is 10.5 Å². The number of nitrogens with two attached hydrogens (primary N) is 2. The number of rotatable bonds is 4. The van der Waals surface area contributed by atoms with E-state index in [4.69, 9.17) is 23.1 Å². The van der Waals surface area contributed by atoms with Crippen molar-refractivity contribution in [2.24, 2.45) is 5.73 Å². The number of primary amides is 1. The zero-order chi connectivity index (χ0) is 15.6. The largest absolute Gasteiger partial charge is 0.397 e. The highest BCUT2D eigenvalue weighted by Gasteiger charge is 2.16. The van der Waals surface area contributed by atoms with E-state index in [0.29, 0.717) is 0 Å². The molecule has 0 radical (unpaired) electrons. The van der Waals surface area contributed by atoms with Crippen LogP contribution in [0.15, 0.2) is 47.4 Å². The first-order valence-corrected chi connectivity index (χ1v) is 7.63. The fourth-order valence-electron chi connectivity index (χ4n) is 1.64. The maximum absolute atomic E-state index is 12.2. The first-order valence-electron chi connectivity index (χ1n) is 5.77. The number of sulfonamides is 1. The standard InChI is InChI=1S/C13H12ClN3O3S/c14-11-5-4-10(7-12(11)15)21(19,20)17-9-3-1-2-8(6-9)13(16)18/h1-7,17H,15H2,(H2,16,18). The first-order chi connectivity index (χ1) is 9.79. The van der Waals surface area contributed by atoms with Crippen LogP contribution in [-0.4, -0.2) is 14.3 Å². The van der Waals surface area contributed by atoms with Crippen molar-refractivity contribution in [3.8, 4) is 0 Å². The minimum atomic E-state index is -3.84. The zero-order valence-electron chi connectivity index (χ0n) is 10.7. The summed E-state index contributed by atoms with van der Waals surface area (Å²) in [6.45, 7) is 0. The third-order valence-corrected chi connectivity index (χ3v) is 4.40. The molecule has 0 fully saturated rings. The van der Waals surface area contributed by atoms with Crippen LogP contribution in [0.3, 0.4) is 0 Å². The van der Waals surface area contributed by atoms with Crippen LogP contribution in [0.5, 0.6) is 0 Å². The third-order valence-electron chi connectivity index (χ3n) is 2.68. The van der Waals surface area contributed by atoms with Crippen molar-refractivity contribution >= 4 is 38.9 Å². The van der Waals surface area contributed by atoms with Gasteiger partial charge in [-0.05, 0) is 36.4 Å². The predicted molar refractivity (Wildman–Crippen MR) is 81.6 cm³/mol. The number of hydrogen-bond donors (Lipinski definition) is 3. The molecule has 2 aromatic carbocycles. The Labute approximate surface area is 126 Å². The Balaban J connectivity index is 2.35. The maximum Gasteiger partial charge on any atom is 0.261 e. The van der Waals surface area contributed by atoms with E-state index < -0.39 is 15.9 Å². The molecule has 21 heavy (non-hydrogen) atoms. The van der Waals surface area contributed by atoms with Gasteiger partial charge in [-0.2, -0.15) is 0 Å². The lowest BCUT2D eigenvalue weighted by atomic mass is 10.2. The summed E-state index contributed by atoms with van der Waals surface area (Å²) in [4.78, 5) is 11.1. The third kappa shape index (κ3) is 3.45. The molecule has 0 saturated carbocycles. The second kappa shape index (κ2) is 5.63. The van der Waals surface area contributed by atoms with Crippen molar-refractivity contribution in [1.29, 1.82) is 0 Å². The summed E-state index contributed by atoms with van der Waals surface area (Å²) in [5.41, 5.74) is 11.3. The van der Waals surface area contributed by atoms with Gasteiger partial charge >= 0.3 is 0 Å². The molecule has 0 atom stereocenters. The number of carbonyl (C=O) groups excluding carboxylic acids is 1. The van der Waals surface area contributed by atoms with Crippen LogP contribution in [0.25, 0.3) is 0 Å². The van der Waals surface area contributed by atoms with Crippen molar-refractivity contribution in [1.82, 2.24) is 0 Å². The van der Waals surface area contributed by atoms with Crippen LogP contribution < -0.4 is 16.2 Å². The quantitative estimate of drug-likeness (QED) is 0.743. The molecule has 0 heterocycles. The molecule has 1 amide bonds. The van der Waals surface area contributed by atoms with Crippen molar-refractivity contribution in [3.05, 3.63) is 53.1 Å². The fraction of sp³-hybridized carbons (Fsp3) is 0. The van der Waals surface area contributed by atoms with Crippen LogP contribution in [0.1, 0.15) is 10.4 Å². The van der Waals surface area contributed by atoms with E-state index >= 15 is 0 Å². The Morgan fingerprint density at radius 1 is 1.14 bits per heavy atom. The van der Waals surface area contributed by atoms with Gasteiger partial charge < -0.3 is 11.5 Å². The summed E-state index contributed by atoms with van der Waals surface area (Å²) in [6, 6.07) is 9.84. The van der Waals surface area contributed by atoms with Gasteiger partial charge in [0.1, 0.15) is 0 Å². The lowest BCUT2D eigenvalue weighted by Gasteiger charge is -2.09. The van der Waals surface area contributed by atoms with E-state index in [2.05, 4.69) is 4.72 Å². The molecule has 8 heteroatoms. The molecule has 0 aliphatic carbocycles. The topological polar surface area (TPSA) is 115 Å². The van der Waals surface area contributed by atoms with Crippen molar-refractivity contribution in [2.45, 2.75) is 4.90 Å². The molecule has 5 N–H and O–H groups in total. The summed E-state index contributed by atoms with van der Waals surface area (Å²) in [5, 5.41) is 0.268. The molecular formula is C13H12ClN3O3S. The smallest absolute Gasteiger partial charge is 0.261 e. The predicted octanol–water partition coefficient (Wildman–Crippen LogP) is 1.82. The minimum absolute atomic E-state index is 0.0334. The lowest BCUT2D eigenvalue weighted by molar-refractivity contribution is 0.100. The van der Waals surface area contributed by atoms with E-state index in [-0.39, 0.29) is 26.9 Å². The van der Waals surface area contributed by atoms with Crippen molar-refractivity contribution < 1.29 is 13.2 Å². The van der Waals surface area contributed by atoms with Gasteiger partial charge in [0.2, 0.25) is 5.91 Å². The van der Waals surface area contributed by atoms with Gasteiger partial charge in [-0.25, -0.2) is 8.42 Å². The molecule has 6 nitrogen and oxygen atoms in total. The number of anilines is 2. The second-order valence-electron chi connectivity index (χ2n) is 4.23. The molecule has 0 saturated heterocycles. The van der Waals surface area contributed by atoms with Gasteiger partial charge in [0.25, 0.3) is 10.0 Å². The zero-order valence-corrected chi connectivity index (χ0v) is 12.3. The number of nitrogens with one attached hydrogen (secondary N) is 1. The lowest BCUT2D eigenvalue weighted by Crippen LogP contribution is -2.15. The molecule has 0 bridgehead atoms. The molecule has 2 rings (SSSR count). The summed E-state index contributed by atoms with van der Waals surface area (Å²) in [6.07, 6.45) is 0. The van der Waals surface area contributed by atoms with E-state index in [1.807, 2.05) is 0 Å².